The van der Waals surface area contributed by atoms with Crippen molar-refractivity contribution in [2.24, 2.45) is 0 Å². The average Bonchev–Trinajstić information content (AvgIpc) is 3.44. The van der Waals surface area contributed by atoms with Crippen LogP contribution < -0.4 is 0 Å². The monoisotopic (exact) mass is 1090 g/mol. The maximum atomic E-state index is 12.9. The first-order valence-corrected chi connectivity index (χ1v) is 34.6. The highest BCUT2D eigenvalue weighted by Gasteiger charge is 2.19. The van der Waals surface area contributed by atoms with Gasteiger partial charge in [-0.3, -0.25) is 14.4 Å². The largest absolute Gasteiger partial charge is 0.462 e. The summed E-state index contributed by atoms with van der Waals surface area (Å²) in [6, 6.07) is 0. The molecule has 0 aromatic carbocycles. The van der Waals surface area contributed by atoms with E-state index in [-0.39, 0.29) is 31.1 Å². The Bertz CT molecular complexity index is 1350. The first-order chi connectivity index (χ1) is 38.5. The number of allylic oxidation sites excluding steroid dienone is 8. The molecule has 0 rings (SSSR count). The minimum Gasteiger partial charge on any atom is -0.462 e. The highest BCUT2D eigenvalue weighted by molar-refractivity contribution is 5.71. The molecule has 0 bridgehead atoms. The van der Waals surface area contributed by atoms with Crippen LogP contribution in [0.5, 0.6) is 0 Å². The maximum absolute atomic E-state index is 12.9. The molecule has 456 valence electrons. The molecule has 0 aliphatic heterocycles. The number of esters is 3. The quantitative estimate of drug-likeness (QED) is 0.0261. The van der Waals surface area contributed by atoms with E-state index in [1.165, 1.54) is 263 Å². The van der Waals surface area contributed by atoms with Crippen LogP contribution in [0.25, 0.3) is 0 Å². The molecule has 0 N–H and O–H groups in total. The molecular formula is C72H132O6. The predicted molar refractivity (Wildman–Crippen MR) is 339 cm³/mol. The molecule has 0 aliphatic carbocycles. The van der Waals surface area contributed by atoms with Crippen molar-refractivity contribution in [2.45, 2.75) is 380 Å². The molecule has 1 atom stereocenters. The van der Waals surface area contributed by atoms with Crippen LogP contribution in [-0.2, 0) is 28.6 Å². The Balaban J connectivity index is 4.18. The number of hydrogen-bond donors (Lipinski definition) is 0. The Labute approximate surface area is 486 Å². The summed E-state index contributed by atoms with van der Waals surface area (Å²) in [5, 5.41) is 0. The minimum atomic E-state index is -0.773. The van der Waals surface area contributed by atoms with E-state index in [1.54, 1.807) is 0 Å². The highest BCUT2D eigenvalue weighted by atomic mass is 16.6. The fraction of sp³-hybridized carbons (Fsp3) is 0.847. The molecule has 0 aromatic rings. The Kier molecular flexibility index (Phi) is 64.6. The first-order valence-electron chi connectivity index (χ1n) is 34.6. The van der Waals surface area contributed by atoms with E-state index in [0.29, 0.717) is 19.3 Å². The van der Waals surface area contributed by atoms with Gasteiger partial charge >= 0.3 is 17.9 Å². The summed E-state index contributed by atoms with van der Waals surface area (Å²) in [7, 11) is 0. The third kappa shape index (κ3) is 64.2. The molecule has 0 amide bonds. The lowest BCUT2D eigenvalue weighted by molar-refractivity contribution is -0.167. The first kappa shape index (κ1) is 75.4. The third-order valence-electron chi connectivity index (χ3n) is 15.6. The molecular weight excluding hydrogens is 961 g/mol. The van der Waals surface area contributed by atoms with E-state index in [1.807, 2.05) is 0 Å². The standard InChI is InChI=1S/C72H132O6/c1-4-7-10-13-16-19-22-25-27-29-31-32-33-34-35-36-37-38-39-40-42-43-45-47-50-53-56-59-62-65-71(74)77-68-69(67-76-70(73)64-61-58-55-52-49-24-21-18-15-12-9-6-3)78-72(75)66-63-60-57-54-51-48-46-44-41-30-28-26-23-20-17-14-11-8-5-2/h17,20,22,25-26,28-29,31,69H,4-16,18-19,21,23-24,27,30,32-68H2,1-3H3/b20-17-,25-22-,28-26-,31-29-. The van der Waals surface area contributed by atoms with E-state index in [4.69, 9.17) is 14.2 Å². The van der Waals surface area contributed by atoms with Gasteiger partial charge in [-0.1, -0.05) is 320 Å². The number of hydrogen-bond acceptors (Lipinski definition) is 6. The molecule has 0 heterocycles. The highest BCUT2D eigenvalue weighted by Crippen LogP contribution is 2.18. The summed E-state index contributed by atoms with van der Waals surface area (Å²) in [6.07, 6.45) is 84.2. The topological polar surface area (TPSA) is 78.9 Å². The van der Waals surface area contributed by atoms with E-state index in [0.717, 1.165) is 70.6 Å². The summed E-state index contributed by atoms with van der Waals surface area (Å²) in [5.41, 5.74) is 0. The zero-order valence-corrected chi connectivity index (χ0v) is 52.5. The smallest absolute Gasteiger partial charge is 0.306 e. The summed E-state index contributed by atoms with van der Waals surface area (Å²) in [6.45, 7) is 6.66. The molecule has 78 heavy (non-hydrogen) atoms. The van der Waals surface area contributed by atoms with Gasteiger partial charge in [0.05, 0.1) is 0 Å². The van der Waals surface area contributed by atoms with Gasteiger partial charge in [-0.2, -0.15) is 0 Å². The van der Waals surface area contributed by atoms with Gasteiger partial charge < -0.3 is 14.2 Å². The van der Waals surface area contributed by atoms with Crippen LogP contribution in [0.1, 0.15) is 374 Å². The van der Waals surface area contributed by atoms with Crippen LogP contribution in [0.3, 0.4) is 0 Å². The van der Waals surface area contributed by atoms with E-state index in [9.17, 15) is 14.4 Å². The minimum absolute atomic E-state index is 0.0697. The van der Waals surface area contributed by atoms with E-state index < -0.39 is 6.10 Å². The number of carbonyl (C=O) groups excluding carboxylic acids is 3. The normalized spacial score (nSPS) is 12.3. The second kappa shape index (κ2) is 66.9. The second-order valence-corrected chi connectivity index (χ2v) is 23.4. The van der Waals surface area contributed by atoms with Gasteiger partial charge in [-0.05, 0) is 83.5 Å². The third-order valence-corrected chi connectivity index (χ3v) is 15.6. The van der Waals surface area contributed by atoms with Crippen molar-refractivity contribution in [2.75, 3.05) is 13.2 Å². The van der Waals surface area contributed by atoms with Gasteiger partial charge in [0.15, 0.2) is 6.10 Å². The molecule has 6 heteroatoms. The lowest BCUT2D eigenvalue weighted by Crippen LogP contribution is -2.30. The number of ether oxygens (including phenoxy) is 3. The van der Waals surface area contributed by atoms with Crippen LogP contribution in [0, 0.1) is 0 Å². The van der Waals surface area contributed by atoms with Gasteiger partial charge in [0.2, 0.25) is 0 Å². The van der Waals surface area contributed by atoms with Crippen LogP contribution in [0.2, 0.25) is 0 Å². The fourth-order valence-corrected chi connectivity index (χ4v) is 10.3. The zero-order valence-electron chi connectivity index (χ0n) is 52.5. The number of unbranched alkanes of at least 4 members (excludes halogenated alkanes) is 45. The predicted octanol–water partition coefficient (Wildman–Crippen LogP) is 23.7. The molecule has 0 saturated heterocycles. The molecule has 0 fully saturated rings. The Morgan fingerprint density at radius 2 is 0.462 bits per heavy atom. The van der Waals surface area contributed by atoms with Gasteiger partial charge in [-0.15, -0.1) is 0 Å². The van der Waals surface area contributed by atoms with Gasteiger partial charge in [0.1, 0.15) is 13.2 Å². The van der Waals surface area contributed by atoms with Gasteiger partial charge in [0.25, 0.3) is 0 Å². The maximum Gasteiger partial charge on any atom is 0.306 e. The second-order valence-electron chi connectivity index (χ2n) is 23.4. The van der Waals surface area contributed by atoms with Crippen molar-refractivity contribution in [3.8, 4) is 0 Å². The molecule has 0 spiro atoms. The van der Waals surface area contributed by atoms with Gasteiger partial charge in [0, 0.05) is 19.3 Å². The van der Waals surface area contributed by atoms with Crippen molar-refractivity contribution in [3.63, 3.8) is 0 Å². The lowest BCUT2D eigenvalue weighted by atomic mass is 10.0. The molecule has 0 saturated carbocycles. The van der Waals surface area contributed by atoms with Crippen molar-refractivity contribution in [3.05, 3.63) is 48.6 Å². The molecule has 1 unspecified atom stereocenters. The van der Waals surface area contributed by atoms with E-state index in [2.05, 4.69) is 69.4 Å². The van der Waals surface area contributed by atoms with Crippen LogP contribution in [-0.4, -0.2) is 37.2 Å². The van der Waals surface area contributed by atoms with Crippen molar-refractivity contribution < 1.29 is 28.6 Å². The Morgan fingerprint density at radius 3 is 0.731 bits per heavy atom. The Hall–Kier alpha value is -2.63. The molecule has 0 aliphatic rings. The van der Waals surface area contributed by atoms with Gasteiger partial charge in [-0.25, -0.2) is 0 Å². The van der Waals surface area contributed by atoms with Crippen molar-refractivity contribution in [1.82, 2.24) is 0 Å². The summed E-state index contributed by atoms with van der Waals surface area (Å²) >= 11 is 0. The molecule has 0 radical (unpaired) electrons. The van der Waals surface area contributed by atoms with E-state index >= 15 is 0 Å². The Morgan fingerprint density at radius 1 is 0.256 bits per heavy atom. The number of carbonyl (C=O) groups is 3. The van der Waals surface area contributed by atoms with Crippen LogP contribution in [0.15, 0.2) is 48.6 Å². The summed E-state index contributed by atoms with van der Waals surface area (Å²) < 4.78 is 17.0. The fourth-order valence-electron chi connectivity index (χ4n) is 10.3. The van der Waals surface area contributed by atoms with Crippen molar-refractivity contribution >= 4 is 17.9 Å². The molecule has 0 aromatic heterocycles. The van der Waals surface area contributed by atoms with Crippen LogP contribution in [0.4, 0.5) is 0 Å². The SMILES string of the molecule is CCCCC/C=C\C/C=C\CCCCCCCCCCCC(=O)OC(COC(=O)CCCCCCCCCCCCCC)COC(=O)CCCCCCCCCCCCCCCCCCC/C=C\C/C=C\CCCCCCC. The summed E-state index contributed by atoms with van der Waals surface area (Å²) in [5.74, 6) is -0.850. The summed E-state index contributed by atoms with van der Waals surface area (Å²) in [4.78, 5) is 38.3. The molecule has 6 nitrogen and oxygen atoms in total. The number of rotatable bonds is 64. The lowest BCUT2D eigenvalue weighted by Gasteiger charge is -2.18. The zero-order chi connectivity index (χ0) is 56.4. The average molecular weight is 1090 g/mol. The van der Waals surface area contributed by atoms with Crippen LogP contribution >= 0.6 is 0 Å². The van der Waals surface area contributed by atoms with Crippen molar-refractivity contribution in [1.29, 1.82) is 0 Å².